The number of hydrogen-bond donors (Lipinski definition) is 0. The fraction of sp³-hybridized carbons (Fsp3) is 0.200. The molecule has 0 spiro atoms. The number of amides is 3. The SMILES string of the molecule is Cc1cccc(CN2C(=O)N(c3ccccc3F)C(=O)C3SC=CC32)c1. The summed E-state index contributed by atoms with van der Waals surface area (Å²) in [5.74, 6) is -0.959. The minimum Gasteiger partial charge on any atom is -0.312 e. The third-order valence-electron chi connectivity index (χ3n) is 4.60. The molecule has 4 nitrogen and oxygen atoms in total. The predicted octanol–water partition coefficient (Wildman–Crippen LogP) is 4.10. The van der Waals surface area contributed by atoms with Gasteiger partial charge in [-0.1, -0.05) is 48.0 Å². The van der Waals surface area contributed by atoms with E-state index in [1.807, 2.05) is 42.7 Å². The van der Waals surface area contributed by atoms with Gasteiger partial charge in [0, 0.05) is 6.54 Å². The fourth-order valence-corrected chi connectivity index (χ4v) is 4.42. The summed E-state index contributed by atoms with van der Waals surface area (Å²) in [5, 5.41) is 1.39. The topological polar surface area (TPSA) is 40.6 Å². The molecule has 6 heteroatoms. The first-order valence-corrected chi connectivity index (χ1v) is 9.27. The maximum absolute atomic E-state index is 14.3. The fourth-order valence-electron chi connectivity index (χ4n) is 3.38. The van der Waals surface area contributed by atoms with Crippen LogP contribution in [0.5, 0.6) is 0 Å². The van der Waals surface area contributed by atoms with Gasteiger partial charge < -0.3 is 4.90 Å². The Morgan fingerprint density at radius 2 is 1.92 bits per heavy atom. The Balaban J connectivity index is 1.73. The highest BCUT2D eigenvalue weighted by molar-refractivity contribution is 8.03. The zero-order valence-electron chi connectivity index (χ0n) is 14.1. The van der Waals surface area contributed by atoms with E-state index in [1.165, 1.54) is 30.0 Å². The van der Waals surface area contributed by atoms with E-state index in [0.29, 0.717) is 6.54 Å². The summed E-state index contributed by atoms with van der Waals surface area (Å²) in [4.78, 5) is 28.6. The Labute approximate surface area is 155 Å². The Morgan fingerprint density at radius 1 is 1.12 bits per heavy atom. The summed E-state index contributed by atoms with van der Waals surface area (Å²) in [7, 11) is 0. The first-order valence-electron chi connectivity index (χ1n) is 8.33. The van der Waals surface area contributed by atoms with Gasteiger partial charge in [0.1, 0.15) is 11.1 Å². The lowest BCUT2D eigenvalue weighted by molar-refractivity contribution is -0.119. The Bertz CT molecular complexity index is 914. The lowest BCUT2D eigenvalue weighted by Crippen LogP contribution is -2.61. The van der Waals surface area contributed by atoms with Crippen molar-refractivity contribution in [1.82, 2.24) is 4.90 Å². The molecule has 1 fully saturated rings. The normalized spacial score (nSPS) is 22.1. The van der Waals surface area contributed by atoms with Gasteiger partial charge in [0.15, 0.2) is 0 Å². The number of rotatable bonds is 3. The number of halogens is 1. The van der Waals surface area contributed by atoms with Gasteiger partial charge in [-0.2, -0.15) is 0 Å². The summed E-state index contributed by atoms with van der Waals surface area (Å²) in [6.07, 6.45) is 1.87. The van der Waals surface area contributed by atoms with Gasteiger partial charge >= 0.3 is 6.03 Å². The van der Waals surface area contributed by atoms with Crippen LogP contribution >= 0.6 is 11.8 Å². The van der Waals surface area contributed by atoms with Crippen LogP contribution in [0.1, 0.15) is 11.1 Å². The molecule has 2 heterocycles. The number of carbonyl (C=O) groups is 2. The third kappa shape index (κ3) is 2.80. The van der Waals surface area contributed by atoms with Crippen LogP contribution in [0.3, 0.4) is 0 Å². The molecule has 2 aromatic rings. The number of para-hydroxylation sites is 1. The smallest absolute Gasteiger partial charge is 0.312 e. The van der Waals surface area contributed by atoms with Crippen LogP contribution in [-0.4, -0.2) is 28.1 Å². The van der Waals surface area contributed by atoms with Crippen LogP contribution in [0.25, 0.3) is 0 Å². The quantitative estimate of drug-likeness (QED) is 0.819. The molecule has 0 aromatic heterocycles. The highest BCUT2D eigenvalue weighted by atomic mass is 32.2. The van der Waals surface area contributed by atoms with Gasteiger partial charge in [-0.05, 0) is 30.0 Å². The second kappa shape index (κ2) is 6.61. The summed E-state index contributed by atoms with van der Waals surface area (Å²) in [6, 6.07) is 13.0. The Hall–Kier alpha value is -2.60. The predicted molar refractivity (Wildman–Crippen MR) is 100 cm³/mol. The van der Waals surface area contributed by atoms with E-state index >= 15 is 0 Å². The zero-order valence-corrected chi connectivity index (χ0v) is 14.9. The molecule has 26 heavy (non-hydrogen) atoms. The van der Waals surface area contributed by atoms with Crippen molar-refractivity contribution >= 4 is 29.4 Å². The van der Waals surface area contributed by atoms with Crippen LogP contribution < -0.4 is 4.90 Å². The first kappa shape index (κ1) is 16.8. The Morgan fingerprint density at radius 3 is 2.69 bits per heavy atom. The van der Waals surface area contributed by atoms with E-state index in [4.69, 9.17) is 0 Å². The molecule has 4 rings (SSSR count). The molecule has 0 bridgehead atoms. The van der Waals surface area contributed by atoms with Gasteiger partial charge in [0.05, 0.1) is 11.7 Å². The van der Waals surface area contributed by atoms with Gasteiger partial charge in [0.2, 0.25) is 0 Å². The molecule has 2 aliphatic rings. The lowest BCUT2D eigenvalue weighted by Gasteiger charge is -2.41. The van der Waals surface area contributed by atoms with E-state index in [0.717, 1.165) is 16.0 Å². The van der Waals surface area contributed by atoms with E-state index in [1.54, 1.807) is 11.0 Å². The molecule has 1 saturated heterocycles. The molecule has 0 saturated carbocycles. The number of nitrogens with zero attached hydrogens (tertiary/aromatic N) is 2. The molecule has 2 aliphatic heterocycles. The van der Waals surface area contributed by atoms with Gasteiger partial charge in [-0.25, -0.2) is 14.1 Å². The minimum atomic E-state index is -0.584. The van der Waals surface area contributed by atoms with Crippen molar-refractivity contribution in [2.75, 3.05) is 4.90 Å². The number of carbonyl (C=O) groups excluding carboxylic acids is 2. The second-order valence-electron chi connectivity index (χ2n) is 6.40. The molecule has 2 aromatic carbocycles. The van der Waals surface area contributed by atoms with Crippen molar-refractivity contribution in [3.63, 3.8) is 0 Å². The number of thioether (sulfide) groups is 1. The van der Waals surface area contributed by atoms with Crippen molar-refractivity contribution in [1.29, 1.82) is 0 Å². The Kier molecular flexibility index (Phi) is 4.28. The van der Waals surface area contributed by atoms with E-state index in [2.05, 4.69) is 0 Å². The monoisotopic (exact) mass is 368 g/mol. The average Bonchev–Trinajstić information content (AvgIpc) is 3.10. The molecule has 2 atom stereocenters. The van der Waals surface area contributed by atoms with Gasteiger partial charge in [0.25, 0.3) is 5.91 Å². The molecular formula is C20H17FN2O2S. The molecule has 3 amide bonds. The average molecular weight is 368 g/mol. The summed E-state index contributed by atoms with van der Waals surface area (Å²) < 4.78 is 14.3. The zero-order chi connectivity index (χ0) is 18.3. The molecular weight excluding hydrogens is 351 g/mol. The van der Waals surface area contributed by atoms with Crippen LogP contribution in [0, 0.1) is 12.7 Å². The first-order chi connectivity index (χ1) is 12.6. The third-order valence-corrected chi connectivity index (χ3v) is 5.69. The highest BCUT2D eigenvalue weighted by Crippen LogP contribution is 2.37. The van der Waals surface area contributed by atoms with Crippen molar-refractivity contribution in [3.8, 4) is 0 Å². The molecule has 2 unspecified atom stereocenters. The summed E-state index contributed by atoms with van der Waals surface area (Å²) >= 11 is 1.37. The van der Waals surface area contributed by atoms with Gasteiger partial charge in [-0.3, -0.25) is 4.79 Å². The van der Waals surface area contributed by atoms with Crippen LogP contribution in [0.2, 0.25) is 0 Å². The maximum Gasteiger partial charge on any atom is 0.332 e. The van der Waals surface area contributed by atoms with Crippen LogP contribution in [0.4, 0.5) is 14.9 Å². The van der Waals surface area contributed by atoms with E-state index in [9.17, 15) is 14.0 Å². The van der Waals surface area contributed by atoms with Crippen molar-refractivity contribution < 1.29 is 14.0 Å². The molecule has 0 radical (unpaired) electrons. The number of fused-ring (bicyclic) bond motifs is 1. The number of anilines is 1. The molecule has 0 N–H and O–H groups in total. The lowest BCUT2D eigenvalue weighted by atomic mass is 10.0. The highest BCUT2D eigenvalue weighted by Gasteiger charge is 2.48. The van der Waals surface area contributed by atoms with Crippen molar-refractivity contribution in [2.45, 2.75) is 24.8 Å². The van der Waals surface area contributed by atoms with Crippen molar-refractivity contribution in [3.05, 3.63) is 77.0 Å². The minimum absolute atomic E-state index is 0.00249. The number of benzene rings is 2. The number of imide groups is 1. The molecule has 0 aliphatic carbocycles. The number of hydrogen-bond acceptors (Lipinski definition) is 3. The largest absolute Gasteiger partial charge is 0.332 e. The molecule has 132 valence electrons. The van der Waals surface area contributed by atoms with Crippen LogP contribution in [0.15, 0.2) is 60.0 Å². The van der Waals surface area contributed by atoms with Crippen LogP contribution in [-0.2, 0) is 11.3 Å². The standard InChI is InChI=1S/C20H17FN2O2S/c1-13-5-4-6-14(11-13)12-22-17-9-10-26-18(17)19(24)23(20(22)25)16-8-3-2-7-15(16)21/h2-11,17-18H,12H2,1H3. The van der Waals surface area contributed by atoms with E-state index < -0.39 is 17.1 Å². The van der Waals surface area contributed by atoms with E-state index in [-0.39, 0.29) is 17.6 Å². The number of aryl methyl sites for hydroxylation is 1. The maximum atomic E-state index is 14.3. The van der Waals surface area contributed by atoms with Crippen molar-refractivity contribution in [2.24, 2.45) is 0 Å². The van der Waals surface area contributed by atoms with Gasteiger partial charge in [-0.15, -0.1) is 11.8 Å². The number of urea groups is 1. The summed E-state index contributed by atoms with van der Waals surface area (Å²) in [5.41, 5.74) is 2.08. The second-order valence-corrected chi connectivity index (χ2v) is 7.45. The summed E-state index contributed by atoms with van der Waals surface area (Å²) in [6.45, 7) is 2.36.